The SMILES string of the molecule is Cc1cccc(CCC(=O)Nc2ccccc2CNC(=O)CNC(=O)OC(C)(C)C)c1. The molecular weight excluding hydrogens is 394 g/mol. The van der Waals surface area contributed by atoms with Gasteiger partial charge in [0.25, 0.3) is 0 Å². The number of amides is 3. The van der Waals surface area contributed by atoms with Crippen LogP contribution in [-0.2, 0) is 27.3 Å². The highest BCUT2D eigenvalue weighted by atomic mass is 16.6. The van der Waals surface area contributed by atoms with Crippen LogP contribution in [0.1, 0.15) is 43.9 Å². The largest absolute Gasteiger partial charge is 0.444 e. The van der Waals surface area contributed by atoms with Gasteiger partial charge in [0.2, 0.25) is 11.8 Å². The topological polar surface area (TPSA) is 96.5 Å². The van der Waals surface area contributed by atoms with Gasteiger partial charge in [0.15, 0.2) is 0 Å². The van der Waals surface area contributed by atoms with E-state index in [2.05, 4.69) is 22.0 Å². The Hall–Kier alpha value is -3.35. The van der Waals surface area contributed by atoms with Gasteiger partial charge in [0.1, 0.15) is 12.1 Å². The fraction of sp³-hybridized carbons (Fsp3) is 0.375. The quantitative estimate of drug-likeness (QED) is 0.601. The molecule has 0 atom stereocenters. The van der Waals surface area contributed by atoms with Crippen LogP contribution in [0.15, 0.2) is 48.5 Å². The number of para-hydroxylation sites is 1. The molecule has 0 aliphatic rings. The Morgan fingerprint density at radius 3 is 2.39 bits per heavy atom. The van der Waals surface area contributed by atoms with Gasteiger partial charge in [-0.25, -0.2) is 4.79 Å². The van der Waals surface area contributed by atoms with Crippen molar-refractivity contribution < 1.29 is 19.1 Å². The summed E-state index contributed by atoms with van der Waals surface area (Å²) in [5.41, 5.74) is 3.08. The van der Waals surface area contributed by atoms with Crippen LogP contribution in [0.3, 0.4) is 0 Å². The first-order chi connectivity index (χ1) is 14.6. The number of hydrogen-bond acceptors (Lipinski definition) is 4. The number of benzene rings is 2. The van der Waals surface area contributed by atoms with Gasteiger partial charge >= 0.3 is 6.09 Å². The third-order valence-electron chi connectivity index (χ3n) is 4.28. The van der Waals surface area contributed by atoms with E-state index in [1.165, 1.54) is 5.56 Å². The molecule has 0 aliphatic carbocycles. The van der Waals surface area contributed by atoms with E-state index in [-0.39, 0.29) is 24.9 Å². The van der Waals surface area contributed by atoms with Crippen molar-refractivity contribution in [3.8, 4) is 0 Å². The van der Waals surface area contributed by atoms with Crippen LogP contribution < -0.4 is 16.0 Å². The van der Waals surface area contributed by atoms with Crippen LogP contribution in [-0.4, -0.2) is 30.1 Å². The maximum absolute atomic E-state index is 12.4. The molecule has 0 fully saturated rings. The second-order valence-corrected chi connectivity index (χ2v) is 8.33. The number of rotatable bonds is 8. The molecule has 0 unspecified atom stereocenters. The van der Waals surface area contributed by atoms with Gasteiger partial charge in [0, 0.05) is 18.7 Å². The van der Waals surface area contributed by atoms with Gasteiger partial charge in [-0.2, -0.15) is 0 Å². The van der Waals surface area contributed by atoms with Crippen LogP contribution in [0.4, 0.5) is 10.5 Å². The highest BCUT2D eigenvalue weighted by Crippen LogP contribution is 2.16. The highest BCUT2D eigenvalue weighted by molar-refractivity contribution is 5.91. The van der Waals surface area contributed by atoms with E-state index in [0.29, 0.717) is 18.5 Å². The van der Waals surface area contributed by atoms with E-state index < -0.39 is 11.7 Å². The Labute approximate surface area is 183 Å². The molecule has 7 heteroatoms. The van der Waals surface area contributed by atoms with E-state index in [1.54, 1.807) is 26.8 Å². The summed E-state index contributed by atoms with van der Waals surface area (Å²) in [5.74, 6) is -0.446. The first-order valence-corrected chi connectivity index (χ1v) is 10.3. The zero-order chi connectivity index (χ0) is 22.9. The lowest BCUT2D eigenvalue weighted by Gasteiger charge is -2.19. The first kappa shape index (κ1) is 23.9. The van der Waals surface area contributed by atoms with Crippen molar-refractivity contribution in [2.45, 2.75) is 52.7 Å². The third-order valence-corrected chi connectivity index (χ3v) is 4.28. The molecule has 2 aromatic carbocycles. The Morgan fingerprint density at radius 2 is 1.68 bits per heavy atom. The summed E-state index contributed by atoms with van der Waals surface area (Å²) in [5, 5.41) is 8.06. The van der Waals surface area contributed by atoms with Gasteiger partial charge in [-0.05, 0) is 51.3 Å². The fourth-order valence-corrected chi connectivity index (χ4v) is 2.86. The molecule has 0 bridgehead atoms. The molecule has 3 amide bonds. The number of carbonyl (C=O) groups excluding carboxylic acids is 3. The Balaban J connectivity index is 1.82. The lowest BCUT2D eigenvalue weighted by atomic mass is 10.1. The number of nitrogens with one attached hydrogen (secondary N) is 3. The van der Waals surface area contributed by atoms with Crippen molar-refractivity contribution in [3.63, 3.8) is 0 Å². The first-order valence-electron chi connectivity index (χ1n) is 10.3. The summed E-state index contributed by atoms with van der Waals surface area (Å²) < 4.78 is 5.10. The average molecular weight is 426 g/mol. The molecule has 0 radical (unpaired) electrons. The number of anilines is 1. The zero-order valence-corrected chi connectivity index (χ0v) is 18.6. The van der Waals surface area contributed by atoms with Gasteiger partial charge in [-0.15, -0.1) is 0 Å². The van der Waals surface area contributed by atoms with Gasteiger partial charge < -0.3 is 20.7 Å². The van der Waals surface area contributed by atoms with E-state index in [1.807, 2.05) is 43.3 Å². The minimum absolute atomic E-state index is 0.0909. The average Bonchev–Trinajstić information content (AvgIpc) is 2.69. The van der Waals surface area contributed by atoms with Gasteiger partial charge in [0.05, 0.1) is 0 Å². The van der Waals surface area contributed by atoms with E-state index in [9.17, 15) is 14.4 Å². The Kier molecular flexibility index (Phi) is 8.61. The Morgan fingerprint density at radius 1 is 0.935 bits per heavy atom. The van der Waals surface area contributed by atoms with Crippen LogP contribution in [0.25, 0.3) is 0 Å². The molecule has 3 N–H and O–H groups in total. The molecule has 0 saturated heterocycles. The zero-order valence-electron chi connectivity index (χ0n) is 18.6. The molecule has 2 rings (SSSR count). The van der Waals surface area contributed by atoms with Crippen molar-refractivity contribution in [2.24, 2.45) is 0 Å². The number of hydrogen-bond donors (Lipinski definition) is 3. The van der Waals surface area contributed by atoms with Gasteiger partial charge in [-0.3, -0.25) is 9.59 Å². The number of aryl methyl sites for hydroxylation is 2. The van der Waals surface area contributed by atoms with E-state index >= 15 is 0 Å². The summed E-state index contributed by atoms with van der Waals surface area (Å²) in [6, 6.07) is 15.4. The molecule has 0 saturated carbocycles. The van der Waals surface area contributed by atoms with Crippen molar-refractivity contribution >= 4 is 23.6 Å². The standard InChI is InChI=1S/C24H31N3O4/c1-17-8-7-9-18(14-17)12-13-21(28)27-20-11-6-5-10-19(20)15-25-22(29)16-26-23(30)31-24(2,3)4/h5-11,14H,12-13,15-16H2,1-4H3,(H,25,29)(H,26,30)(H,27,28). The second kappa shape index (κ2) is 11.2. The van der Waals surface area contributed by atoms with Crippen LogP contribution in [0, 0.1) is 6.92 Å². The summed E-state index contributed by atoms with van der Waals surface area (Å²) in [6.07, 6.45) is 0.371. The fourth-order valence-electron chi connectivity index (χ4n) is 2.86. The number of carbonyl (C=O) groups is 3. The summed E-state index contributed by atoms with van der Waals surface area (Å²) in [7, 11) is 0. The molecule has 0 spiro atoms. The van der Waals surface area contributed by atoms with Crippen molar-refractivity contribution in [1.82, 2.24) is 10.6 Å². The molecule has 0 aliphatic heterocycles. The molecule has 7 nitrogen and oxygen atoms in total. The summed E-state index contributed by atoms with van der Waals surface area (Å²) >= 11 is 0. The van der Waals surface area contributed by atoms with Gasteiger partial charge in [-0.1, -0.05) is 48.0 Å². The molecule has 31 heavy (non-hydrogen) atoms. The predicted octanol–water partition coefficient (Wildman–Crippen LogP) is 3.71. The highest BCUT2D eigenvalue weighted by Gasteiger charge is 2.16. The summed E-state index contributed by atoms with van der Waals surface area (Å²) in [6.45, 7) is 7.30. The lowest BCUT2D eigenvalue weighted by molar-refractivity contribution is -0.120. The van der Waals surface area contributed by atoms with Crippen LogP contribution >= 0.6 is 0 Å². The maximum Gasteiger partial charge on any atom is 0.408 e. The minimum atomic E-state index is -0.649. The molecule has 0 heterocycles. The van der Waals surface area contributed by atoms with Crippen molar-refractivity contribution in [1.29, 1.82) is 0 Å². The summed E-state index contributed by atoms with van der Waals surface area (Å²) in [4.78, 5) is 36.1. The molecule has 166 valence electrons. The van der Waals surface area contributed by atoms with E-state index in [4.69, 9.17) is 4.74 Å². The minimum Gasteiger partial charge on any atom is -0.444 e. The monoisotopic (exact) mass is 425 g/mol. The van der Waals surface area contributed by atoms with E-state index in [0.717, 1.165) is 11.1 Å². The molecule has 2 aromatic rings. The third kappa shape index (κ3) is 9.33. The smallest absolute Gasteiger partial charge is 0.408 e. The van der Waals surface area contributed by atoms with Crippen molar-refractivity contribution in [3.05, 3.63) is 65.2 Å². The number of alkyl carbamates (subject to hydrolysis) is 1. The number of ether oxygens (including phenoxy) is 1. The molecule has 0 aromatic heterocycles. The maximum atomic E-state index is 12.4. The van der Waals surface area contributed by atoms with Crippen LogP contribution in [0.5, 0.6) is 0 Å². The van der Waals surface area contributed by atoms with Crippen molar-refractivity contribution in [2.75, 3.05) is 11.9 Å². The normalized spacial score (nSPS) is 10.8. The van der Waals surface area contributed by atoms with Crippen LogP contribution in [0.2, 0.25) is 0 Å². The predicted molar refractivity (Wildman–Crippen MR) is 121 cm³/mol. The Bertz CT molecular complexity index is 919. The lowest BCUT2D eigenvalue weighted by Crippen LogP contribution is -2.39. The second-order valence-electron chi connectivity index (χ2n) is 8.33. The molecular formula is C24H31N3O4.